The second-order valence-electron chi connectivity index (χ2n) is 5.16. The molecular formula is C18H20ClNO3. The number of aryl methyl sites for hydroxylation is 1. The molecule has 0 unspecified atom stereocenters. The zero-order chi connectivity index (χ0) is 16.7. The van der Waals surface area contributed by atoms with Crippen LogP contribution in [-0.4, -0.2) is 26.2 Å². The Hall–Kier alpha value is -2.20. The number of rotatable bonds is 7. The van der Waals surface area contributed by atoms with Gasteiger partial charge >= 0.3 is 0 Å². The number of carbonyl (C=O) groups is 1. The van der Waals surface area contributed by atoms with Crippen molar-refractivity contribution in [1.29, 1.82) is 0 Å². The second-order valence-corrected chi connectivity index (χ2v) is 5.60. The van der Waals surface area contributed by atoms with Gasteiger partial charge in [0.25, 0.3) is 5.91 Å². The molecule has 2 rings (SSSR count). The molecule has 0 fully saturated rings. The van der Waals surface area contributed by atoms with Crippen molar-refractivity contribution in [3.8, 4) is 11.5 Å². The molecule has 122 valence electrons. The third kappa shape index (κ3) is 5.49. The first-order valence-corrected chi connectivity index (χ1v) is 7.75. The Balaban J connectivity index is 1.78. The molecule has 0 aliphatic carbocycles. The van der Waals surface area contributed by atoms with Crippen molar-refractivity contribution in [2.75, 3.05) is 20.3 Å². The molecule has 0 saturated heterocycles. The minimum Gasteiger partial charge on any atom is -0.496 e. The van der Waals surface area contributed by atoms with Crippen LogP contribution in [0.3, 0.4) is 0 Å². The van der Waals surface area contributed by atoms with Crippen LogP contribution < -0.4 is 14.8 Å². The fraction of sp³-hybridized carbons (Fsp3) is 0.278. The lowest BCUT2D eigenvalue weighted by Crippen LogP contribution is -2.30. The molecule has 5 heteroatoms. The van der Waals surface area contributed by atoms with Crippen molar-refractivity contribution in [2.24, 2.45) is 0 Å². The molecule has 2 aromatic carbocycles. The summed E-state index contributed by atoms with van der Waals surface area (Å²) in [6.07, 6.45) is 0.702. The number of carbonyl (C=O) groups excluding carboxylic acids is 1. The third-order valence-corrected chi connectivity index (χ3v) is 3.55. The number of hydrogen-bond donors (Lipinski definition) is 1. The smallest absolute Gasteiger partial charge is 0.257 e. The van der Waals surface area contributed by atoms with E-state index >= 15 is 0 Å². The fourth-order valence-electron chi connectivity index (χ4n) is 2.20. The van der Waals surface area contributed by atoms with Crippen LogP contribution in [0.2, 0.25) is 5.02 Å². The highest BCUT2D eigenvalue weighted by molar-refractivity contribution is 6.30. The monoisotopic (exact) mass is 333 g/mol. The van der Waals surface area contributed by atoms with E-state index in [0.29, 0.717) is 23.7 Å². The Labute approximate surface area is 141 Å². The first kappa shape index (κ1) is 17.2. The SMILES string of the molecule is COc1ccc(C)cc1CCNC(=O)COc1cccc(Cl)c1. The van der Waals surface area contributed by atoms with Crippen molar-refractivity contribution in [3.05, 3.63) is 58.6 Å². The van der Waals surface area contributed by atoms with E-state index < -0.39 is 0 Å². The molecule has 0 spiro atoms. The Morgan fingerprint density at radius 2 is 2.04 bits per heavy atom. The van der Waals surface area contributed by atoms with Crippen molar-refractivity contribution >= 4 is 17.5 Å². The summed E-state index contributed by atoms with van der Waals surface area (Å²) in [4.78, 5) is 11.8. The molecule has 23 heavy (non-hydrogen) atoms. The van der Waals surface area contributed by atoms with Gasteiger partial charge in [-0.05, 0) is 43.2 Å². The molecule has 4 nitrogen and oxygen atoms in total. The zero-order valence-corrected chi connectivity index (χ0v) is 14.0. The number of ether oxygens (including phenoxy) is 2. The first-order chi connectivity index (χ1) is 11.1. The molecule has 0 radical (unpaired) electrons. The van der Waals surface area contributed by atoms with Crippen molar-refractivity contribution in [1.82, 2.24) is 5.32 Å². The van der Waals surface area contributed by atoms with E-state index in [9.17, 15) is 4.79 Å². The fourth-order valence-corrected chi connectivity index (χ4v) is 2.38. The van der Waals surface area contributed by atoms with Gasteiger partial charge in [-0.2, -0.15) is 0 Å². The third-order valence-electron chi connectivity index (χ3n) is 3.32. The average Bonchev–Trinajstić information content (AvgIpc) is 2.53. The van der Waals surface area contributed by atoms with Crippen LogP contribution in [0.4, 0.5) is 0 Å². The minimum absolute atomic E-state index is 0.0364. The molecule has 1 N–H and O–H groups in total. The van der Waals surface area contributed by atoms with Crippen molar-refractivity contribution in [3.63, 3.8) is 0 Å². The van der Waals surface area contributed by atoms with Crippen LogP contribution in [-0.2, 0) is 11.2 Å². The van der Waals surface area contributed by atoms with Crippen LogP contribution >= 0.6 is 11.6 Å². The molecule has 0 atom stereocenters. The highest BCUT2D eigenvalue weighted by atomic mass is 35.5. The van der Waals surface area contributed by atoms with Gasteiger partial charge in [0.1, 0.15) is 11.5 Å². The Kier molecular flexibility index (Phi) is 6.29. The molecule has 0 aliphatic heterocycles. The van der Waals surface area contributed by atoms with Gasteiger partial charge in [0.15, 0.2) is 6.61 Å². The minimum atomic E-state index is -0.170. The summed E-state index contributed by atoms with van der Waals surface area (Å²) in [7, 11) is 1.64. The zero-order valence-electron chi connectivity index (χ0n) is 13.3. The number of methoxy groups -OCH3 is 1. The van der Waals surface area contributed by atoms with E-state index in [2.05, 4.69) is 11.4 Å². The molecule has 2 aromatic rings. The number of benzene rings is 2. The van der Waals surface area contributed by atoms with Gasteiger partial charge in [-0.15, -0.1) is 0 Å². The van der Waals surface area contributed by atoms with Gasteiger partial charge in [0.05, 0.1) is 7.11 Å². The maximum Gasteiger partial charge on any atom is 0.257 e. The number of halogens is 1. The molecule has 0 bridgehead atoms. The standard InChI is InChI=1S/C18H20ClNO3/c1-13-6-7-17(22-2)14(10-13)8-9-20-18(21)12-23-16-5-3-4-15(19)11-16/h3-7,10-11H,8-9,12H2,1-2H3,(H,20,21). The highest BCUT2D eigenvalue weighted by Gasteiger charge is 2.06. The topological polar surface area (TPSA) is 47.6 Å². The lowest BCUT2D eigenvalue weighted by Gasteiger charge is -2.11. The molecule has 0 saturated carbocycles. The summed E-state index contributed by atoms with van der Waals surface area (Å²) < 4.78 is 10.7. The van der Waals surface area contributed by atoms with Crippen LogP contribution in [0, 0.1) is 6.92 Å². The second kappa shape index (κ2) is 8.44. The summed E-state index contributed by atoms with van der Waals surface area (Å²) in [5.41, 5.74) is 2.24. The number of hydrogen-bond acceptors (Lipinski definition) is 3. The summed E-state index contributed by atoms with van der Waals surface area (Å²) in [6, 6.07) is 13.0. The first-order valence-electron chi connectivity index (χ1n) is 7.37. The van der Waals surface area contributed by atoms with Gasteiger partial charge < -0.3 is 14.8 Å². The molecule has 0 heterocycles. The number of amides is 1. The molecular weight excluding hydrogens is 314 g/mol. The maximum absolute atomic E-state index is 11.8. The lowest BCUT2D eigenvalue weighted by atomic mass is 10.1. The Morgan fingerprint density at radius 3 is 2.78 bits per heavy atom. The predicted octanol–water partition coefficient (Wildman–Crippen LogP) is 3.39. The van der Waals surface area contributed by atoms with E-state index in [0.717, 1.165) is 16.9 Å². The van der Waals surface area contributed by atoms with Crippen LogP contribution in [0.1, 0.15) is 11.1 Å². The summed E-state index contributed by atoms with van der Waals surface area (Å²) >= 11 is 5.86. The van der Waals surface area contributed by atoms with E-state index in [-0.39, 0.29) is 12.5 Å². The van der Waals surface area contributed by atoms with Crippen LogP contribution in [0.15, 0.2) is 42.5 Å². The molecule has 0 aromatic heterocycles. The van der Waals surface area contributed by atoms with Crippen molar-refractivity contribution < 1.29 is 14.3 Å². The van der Waals surface area contributed by atoms with E-state index in [4.69, 9.17) is 21.1 Å². The quantitative estimate of drug-likeness (QED) is 0.844. The predicted molar refractivity (Wildman–Crippen MR) is 91.4 cm³/mol. The largest absolute Gasteiger partial charge is 0.496 e. The highest BCUT2D eigenvalue weighted by Crippen LogP contribution is 2.20. The normalized spacial score (nSPS) is 10.2. The molecule has 1 amide bonds. The maximum atomic E-state index is 11.8. The van der Waals surface area contributed by atoms with E-state index in [1.54, 1.807) is 31.4 Å². The van der Waals surface area contributed by atoms with Gasteiger partial charge in [-0.25, -0.2) is 0 Å². The number of nitrogens with one attached hydrogen (secondary N) is 1. The van der Waals surface area contributed by atoms with Gasteiger partial charge in [0, 0.05) is 11.6 Å². The van der Waals surface area contributed by atoms with E-state index in [1.807, 2.05) is 19.1 Å². The molecule has 0 aliphatic rings. The summed E-state index contributed by atoms with van der Waals surface area (Å²) in [6.45, 7) is 2.52. The van der Waals surface area contributed by atoms with Crippen LogP contribution in [0.25, 0.3) is 0 Å². The van der Waals surface area contributed by atoms with Gasteiger partial charge in [-0.3, -0.25) is 4.79 Å². The van der Waals surface area contributed by atoms with Gasteiger partial charge in [0.2, 0.25) is 0 Å². The van der Waals surface area contributed by atoms with E-state index in [1.165, 1.54) is 0 Å². The Morgan fingerprint density at radius 1 is 1.22 bits per heavy atom. The lowest BCUT2D eigenvalue weighted by molar-refractivity contribution is -0.123. The van der Waals surface area contributed by atoms with Gasteiger partial charge in [-0.1, -0.05) is 35.4 Å². The van der Waals surface area contributed by atoms with Crippen molar-refractivity contribution in [2.45, 2.75) is 13.3 Å². The summed E-state index contributed by atoms with van der Waals surface area (Å²) in [5.74, 6) is 1.24. The Bertz CT molecular complexity index is 673. The van der Waals surface area contributed by atoms with Crippen LogP contribution in [0.5, 0.6) is 11.5 Å². The summed E-state index contributed by atoms with van der Waals surface area (Å²) in [5, 5.41) is 3.41. The average molecular weight is 334 g/mol.